The molecule has 0 aliphatic carbocycles. The SMILES string of the molecule is CCOC(=O)C(CC)C(=O)Oc1ncccc1F. The molecule has 0 aromatic carbocycles. The lowest BCUT2D eigenvalue weighted by atomic mass is 10.1. The first-order chi connectivity index (χ1) is 8.60. The molecule has 0 saturated carbocycles. The van der Waals surface area contributed by atoms with E-state index in [2.05, 4.69) is 4.98 Å². The van der Waals surface area contributed by atoms with E-state index in [0.717, 1.165) is 6.07 Å². The molecule has 1 unspecified atom stereocenters. The van der Waals surface area contributed by atoms with E-state index in [9.17, 15) is 14.0 Å². The van der Waals surface area contributed by atoms with Crippen LogP contribution in [0.3, 0.4) is 0 Å². The predicted molar refractivity (Wildman–Crippen MR) is 60.2 cm³/mol. The van der Waals surface area contributed by atoms with E-state index in [1.807, 2.05) is 0 Å². The average molecular weight is 255 g/mol. The van der Waals surface area contributed by atoms with Crippen LogP contribution in [0.1, 0.15) is 20.3 Å². The molecular formula is C12H14FNO4. The van der Waals surface area contributed by atoms with Gasteiger partial charge in [0.2, 0.25) is 0 Å². The van der Waals surface area contributed by atoms with Crippen LogP contribution in [-0.4, -0.2) is 23.5 Å². The summed E-state index contributed by atoms with van der Waals surface area (Å²) in [5.74, 6) is -3.81. The third-order valence-corrected chi connectivity index (χ3v) is 2.19. The van der Waals surface area contributed by atoms with Crippen molar-refractivity contribution in [3.8, 4) is 5.88 Å². The topological polar surface area (TPSA) is 65.5 Å². The summed E-state index contributed by atoms with van der Waals surface area (Å²) < 4.78 is 22.7. The number of aromatic nitrogens is 1. The molecule has 1 aromatic heterocycles. The van der Waals surface area contributed by atoms with Gasteiger partial charge in [-0.15, -0.1) is 0 Å². The van der Waals surface area contributed by atoms with Crippen molar-refractivity contribution in [1.82, 2.24) is 4.98 Å². The Morgan fingerprint density at radius 3 is 2.67 bits per heavy atom. The average Bonchev–Trinajstić information content (AvgIpc) is 2.33. The van der Waals surface area contributed by atoms with Crippen molar-refractivity contribution < 1.29 is 23.5 Å². The molecule has 0 saturated heterocycles. The highest BCUT2D eigenvalue weighted by molar-refractivity contribution is 5.95. The minimum absolute atomic E-state index is 0.167. The summed E-state index contributed by atoms with van der Waals surface area (Å²) in [5, 5.41) is 0. The van der Waals surface area contributed by atoms with Gasteiger partial charge >= 0.3 is 11.9 Å². The van der Waals surface area contributed by atoms with Gasteiger partial charge in [0.1, 0.15) is 0 Å². The number of halogens is 1. The van der Waals surface area contributed by atoms with Gasteiger partial charge in [0.25, 0.3) is 5.88 Å². The quantitative estimate of drug-likeness (QED) is 0.592. The molecule has 0 aliphatic rings. The first-order valence-electron chi connectivity index (χ1n) is 5.59. The molecule has 0 radical (unpaired) electrons. The minimum atomic E-state index is -1.06. The summed E-state index contributed by atoms with van der Waals surface area (Å²) in [5.41, 5.74) is 0. The minimum Gasteiger partial charge on any atom is -0.465 e. The lowest BCUT2D eigenvalue weighted by molar-refractivity contribution is -0.157. The van der Waals surface area contributed by atoms with Crippen molar-refractivity contribution >= 4 is 11.9 Å². The third kappa shape index (κ3) is 3.51. The van der Waals surface area contributed by atoms with Crippen LogP contribution in [0, 0.1) is 11.7 Å². The van der Waals surface area contributed by atoms with Crippen molar-refractivity contribution in [2.45, 2.75) is 20.3 Å². The van der Waals surface area contributed by atoms with Crippen LogP contribution in [0.4, 0.5) is 4.39 Å². The number of nitrogens with zero attached hydrogens (tertiary/aromatic N) is 1. The maximum absolute atomic E-state index is 13.2. The number of rotatable bonds is 5. The van der Waals surface area contributed by atoms with Crippen molar-refractivity contribution in [3.63, 3.8) is 0 Å². The van der Waals surface area contributed by atoms with Crippen LogP contribution < -0.4 is 4.74 Å². The van der Waals surface area contributed by atoms with Crippen LogP contribution in [0.5, 0.6) is 5.88 Å². The Morgan fingerprint density at radius 1 is 1.39 bits per heavy atom. The second kappa shape index (κ2) is 6.68. The molecule has 6 heteroatoms. The van der Waals surface area contributed by atoms with Gasteiger partial charge in [-0.25, -0.2) is 9.37 Å². The fourth-order valence-corrected chi connectivity index (χ4v) is 1.29. The summed E-state index contributed by atoms with van der Waals surface area (Å²) in [6, 6.07) is 2.48. The van der Waals surface area contributed by atoms with Crippen LogP contribution in [0.2, 0.25) is 0 Å². The molecule has 0 bridgehead atoms. The smallest absolute Gasteiger partial charge is 0.327 e. The Balaban J connectivity index is 2.74. The molecule has 1 rings (SSSR count). The summed E-state index contributed by atoms with van der Waals surface area (Å²) >= 11 is 0. The van der Waals surface area contributed by atoms with E-state index in [4.69, 9.17) is 9.47 Å². The van der Waals surface area contributed by atoms with Gasteiger partial charge in [0.05, 0.1) is 6.61 Å². The molecular weight excluding hydrogens is 241 g/mol. The number of pyridine rings is 1. The number of esters is 2. The Bertz CT molecular complexity index is 436. The lowest BCUT2D eigenvalue weighted by Crippen LogP contribution is -2.29. The zero-order valence-corrected chi connectivity index (χ0v) is 10.2. The van der Waals surface area contributed by atoms with Gasteiger partial charge in [-0.05, 0) is 25.5 Å². The highest BCUT2D eigenvalue weighted by atomic mass is 19.1. The summed E-state index contributed by atoms with van der Waals surface area (Å²) in [7, 11) is 0. The molecule has 18 heavy (non-hydrogen) atoms. The third-order valence-electron chi connectivity index (χ3n) is 2.19. The summed E-state index contributed by atoms with van der Waals surface area (Å²) in [4.78, 5) is 26.7. The highest BCUT2D eigenvalue weighted by Gasteiger charge is 2.29. The van der Waals surface area contributed by atoms with E-state index < -0.39 is 29.6 Å². The molecule has 0 aliphatic heterocycles. The fourth-order valence-electron chi connectivity index (χ4n) is 1.29. The van der Waals surface area contributed by atoms with E-state index >= 15 is 0 Å². The van der Waals surface area contributed by atoms with E-state index in [1.165, 1.54) is 12.3 Å². The Morgan fingerprint density at radius 2 is 2.11 bits per heavy atom. The van der Waals surface area contributed by atoms with Gasteiger partial charge < -0.3 is 9.47 Å². The van der Waals surface area contributed by atoms with Crippen LogP contribution in [0.25, 0.3) is 0 Å². The first kappa shape index (κ1) is 14.1. The number of hydrogen-bond donors (Lipinski definition) is 0. The van der Waals surface area contributed by atoms with Crippen molar-refractivity contribution in [2.75, 3.05) is 6.61 Å². The highest BCUT2D eigenvalue weighted by Crippen LogP contribution is 2.15. The molecule has 0 amide bonds. The predicted octanol–water partition coefficient (Wildman–Crippen LogP) is 1.72. The monoisotopic (exact) mass is 255 g/mol. The van der Waals surface area contributed by atoms with Gasteiger partial charge in [-0.2, -0.15) is 0 Å². The molecule has 0 spiro atoms. The Labute approximate surface area is 104 Å². The summed E-state index contributed by atoms with van der Waals surface area (Å²) in [6.07, 6.45) is 1.50. The standard InChI is InChI=1S/C12H14FNO4/c1-3-8(11(15)17-4-2)12(16)18-10-9(13)6-5-7-14-10/h5-8H,3-4H2,1-2H3. The van der Waals surface area contributed by atoms with Crippen molar-refractivity contribution in [3.05, 3.63) is 24.1 Å². The number of hydrogen-bond acceptors (Lipinski definition) is 5. The first-order valence-corrected chi connectivity index (χ1v) is 5.59. The number of ether oxygens (including phenoxy) is 2. The van der Waals surface area contributed by atoms with Gasteiger partial charge in [0.15, 0.2) is 11.7 Å². The zero-order valence-electron chi connectivity index (χ0n) is 10.2. The maximum Gasteiger partial charge on any atom is 0.327 e. The Kier molecular flexibility index (Phi) is 5.23. The fraction of sp³-hybridized carbons (Fsp3) is 0.417. The van der Waals surface area contributed by atoms with Crippen LogP contribution in [-0.2, 0) is 14.3 Å². The van der Waals surface area contributed by atoms with Crippen LogP contribution in [0.15, 0.2) is 18.3 Å². The molecule has 5 nitrogen and oxygen atoms in total. The maximum atomic E-state index is 13.2. The largest absolute Gasteiger partial charge is 0.465 e. The number of carbonyl (C=O) groups excluding carboxylic acids is 2. The zero-order chi connectivity index (χ0) is 13.5. The van der Waals surface area contributed by atoms with Gasteiger partial charge in [-0.3, -0.25) is 9.59 Å². The molecule has 98 valence electrons. The summed E-state index contributed by atoms with van der Waals surface area (Å²) in [6.45, 7) is 3.44. The van der Waals surface area contributed by atoms with Crippen molar-refractivity contribution in [1.29, 1.82) is 0 Å². The number of carbonyl (C=O) groups is 2. The molecule has 1 heterocycles. The Hall–Kier alpha value is -1.98. The van der Waals surface area contributed by atoms with E-state index in [-0.39, 0.29) is 13.0 Å². The lowest BCUT2D eigenvalue weighted by Gasteiger charge is -2.12. The van der Waals surface area contributed by atoms with Crippen molar-refractivity contribution in [2.24, 2.45) is 5.92 Å². The van der Waals surface area contributed by atoms with E-state index in [1.54, 1.807) is 13.8 Å². The molecule has 0 fully saturated rings. The van der Waals surface area contributed by atoms with Gasteiger partial charge in [0, 0.05) is 6.20 Å². The molecule has 1 atom stereocenters. The normalized spacial score (nSPS) is 11.7. The van der Waals surface area contributed by atoms with E-state index in [0.29, 0.717) is 0 Å². The second-order valence-corrected chi connectivity index (χ2v) is 3.42. The molecule has 1 aromatic rings. The molecule has 0 N–H and O–H groups in total. The van der Waals surface area contributed by atoms with Gasteiger partial charge in [-0.1, -0.05) is 6.92 Å². The second-order valence-electron chi connectivity index (χ2n) is 3.42. The van der Waals surface area contributed by atoms with Crippen LogP contribution >= 0.6 is 0 Å².